The number of carbonyl (C=O) groups excluding carboxylic acids is 1. The molecule has 1 saturated carbocycles. The summed E-state index contributed by atoms with van der Waals surface area (Å²) in [5.41, 5.74) is -0.241. The van der Waals surface area contributed by atoms with Crippen molar-refractivity contribution in [2.75, 3.05) is 13.7 Å². The molecule has 2 fully saturated rings. The maximum absolute atomic E-state index is 11.1. The first kappa shape index (κ1) is 6.16. The summed E-state index contributed by atoms with van der Waals surface area (Å²) in [6.07, 6.45) is 2.15. The van der Waals surface area contributed by atoms with Gasteiger partial charge in [0.15, 0.2) is 0 Å². The SMILES string of the molecule is COC(=O)C12CCC1CN2. The first-order chi connectivity index (χ1) is 4.79. The van der Waals surface area contributed by atoms with Gasteiger partial charge in [-0.3, -0.25) is 4.79 Å². The highest BCUT2D eigenvalue weighted by Crippen LogP contribution is 2.45. The Balaban J connectivity index is 2.09. The zero-order chi connectivity index (χ0) is 7.19. The van der Waals surface area contributed by atoms with Gasteiger partial charge < -0.3 is 10.1 Å². The molecule has 2 unspecified atom stereocenters. The van der Waals surface area contributed by atoms with Crippen molar-refractivity contribution in [2.24, 2.45) is 5.92 Å². The van der Waals surface area contributed by atoms with E-state index in [0.717, 1.165) is 13.0 Å². The number of ether oxygens (including phenoxy) is 1. The van der Waals surface area contributed by atoms with Crippen LogP contribution in [0.15, 0.2) is 0 Å². The van der Waals surface area contributed by atoms with Gasteiger partial charge in [-0.25, -0.2) is 0 Å². The van der Waals surface area contributed by atoms with E-state index >= 15 is 0 Å². The minimum absolute atomic E-state index is 0.0741. The third kappa shape index (κ3) is 0.475. The Hall–Kier alpha value is -0.570. The zero-order valence-electron chi connectivity index (χ0n) is 6.02. The highest BCUT2D eigenvalue weighted by atomic mass is 16.5. The van der Waals surface area contributed by atoms with Crippen molar-refractivity contribution in [3.63, 3.8) is 0 Å². The number of nitrogens with one attached hydrogen (secondary N) is 1. The number of carbonyl (C=O) groups is 1. The fraction of sp³-hybridized carbons (Fsp3) is 0.857. The van der Waals surface area contributed by atoms with Crippen molar-refractivity contribution in [1.29, 1.82) is 0 Å². The Morgan fingerprint density at radius 2 is 2.60 bits per heavy atom. The highest BCUT2D eigenvalue weighted by Gasteiger charge is 2.59. The van der Waals surface area contributed by atoms with Crippen LogP contribution in [0.4, 0.5) is 0 Å². The standard InChI is InChI=1S/C7H11NO2/c1-10-6(9)7-3-2-5(7)4-8-7/h5,8H,2-4H2,1H3. The van der Waals surface area contributed by atoms with Crippen LogP contribution in [0.3, 0.4) is 0 Å². The second kappa shape index (κ2) is 1.72. The van der Waals surface area contributed by atoms with E-state index in [0.29, 0.717) is 5.92 Å². The summed E-state index contributed by atoms with van der Waals surface area (Å²) in [5, 5.41) is 3.13. The molecular formula is C7H11NO2. The third-order valence-corrected chi connectivity index (χ3v) is 2.80. The van der Waals surface area contributed by atoms with Crippen molar-refractivity contribution in [2.45, 2.75) is 18.4 Å². The summed E-state index contributed by atoms with van der Waals surface area (Å²) in [5.74, 6) is 0.495. The lowest BCUT2D eigenvalue weighted by Gasteiger charge is -2.56. The molecule has 2 aliphatic rings. The monoisotopic (exact) mass is 141 g/mol. The van der Waals surface area contributed by atoms with Crippen LogP contribution < -0.4 is 5.32 Å². The number of piperidine rings is 1. The first-order valence-corrected chi connectivity index (χ1v) is 3.63. The molecule has 3 heteroatoms. The number of methoxy groups -OCH3 is 1. The summed E-state index contributed by atoms with van der Waals surface area (Å²) in [4.78, 5) is 11.1. The molecular weight excluding hydrogens is 130 g/mol. The van der Waals surface area contributed by atoms with Crippen molar-refractivity contribution >= 4 is 5.97 Å². The molecule has 1 aliphatic heterocycles. The summed E-state index contributed by atoms with van der Waals surface area (Å²) in [6.45, 7) is 0.995. The number of fused-ring (bicyclic) bond motifs is 1. The summed E-state index contributed by atoms with van der Waals surface area (Å²) < 4.78 is 4.68. The largest absolute Gasteiger partial charge is 0.468 e. The maximum atomic E-state index is 11.1. The lowest BCUT2D eigenvalue weighted by molar-refractivity contribution is -0.165. The smallest absolute Gasteiger partial charge is 0.326 e. The summed E-state index contributed by atoms with van der Waals surface area (Å²) in [6, 6.07) is 0. The van der Waals surface area contributed by atoms with Crippen molar-refractivity contribution in [1.82, 2.24) is 5.32 Å². The van der Waals surface area contributed by atoms with E-state index in [9.17, 15) is 4.79 Å². The third-order valence-electron chi connectivity index (χ3n) is 2.80. The molecule has 1 heterocycles. The van der Waals surface area contributed by atoms with Gasteiger partial charge in [-0.1, -0.05) is 0 Å². The van der Waals surface area contributed by atoms with Gasteiger partial charge in [0.25, 0.3) is 0 Å². The zero-order valence-corrected chi connectivity index (χ0v) is 6.02. The first-order valence-electron chi connectivity index (χ1n) is 3.63. The van der Waals surface area contributed by atoms with E-state index in [1.54, 1.807) is 0 Å². The van der Waals surface area contributed by atoms with E-state index in [1.807, 2.05) is 0 Å². The van der Waals surface area contributed by atoms with Crippen LogP contribution in [-0.4, -0.2) is 25.2 Å². The molecule has 0 bridgehead atoms. The predicted molar refractivity (Wildman–Crippen MR) is 35.5 cm³/mol. The molecule has 3 nitrogen and oxygen atoms in total. The van der Waals surface area contributed by atoms with Gasteiger partial charge in [-0.15, -0.1) is 0 Å². The van der Waals surface area contributed by atoms with Gasteiger partial charge in [0, 0.05) is 12.5 Å². The van der Waals surface area contributed by atoms with Crippen LogP contribution in [0.1, 0.15) is 12.8 Å². The molecule has 0 aromatic heterocycles. The minimum atomic E-state index is -0.241. The van der Waals surface area contributed by atoms with Crippen LogP contribution in [0.2, 0.25) is 0 Å². The Bertz CT molecular complexity index is 170. The molecule has 0 aromatic rings. The minimum Gasteiger partial charge on any atom is -0.468 e. The van der Waals surface area contributed by atoms with Crippen LogP contribution in [-0.2, 0) is 9.53 Å². The molecule has 0 radical (unpaired) electrons. The molecule has 0 aromatic carbocycles. The number of rotatable bonds is 1. The topological polar surface area (TPSA) is 38.3 Å². The lowest BCUT2D eigenvalue weighted by atomic mass is 9.61. The van der Waals surface area contributed by atoms with Gasteiger partial charge >= 0.3 is 5.97 Å². The second-order valence-corrected chi connectivity index (χ2v) is 3.08. The van der Waals surface area contributed by atoms with E-state index in [4.69, 9.17) is 0 Å². The maximum Gasteiger partial charge on any atom is 0.326 e. The average Bonchev–Trinajstić information content (AvgIpc) is 1.95. The van der Waals surface area contributed by atoms with Crippen LogP contribution in [0.5, 0.6) is 0 Å². The molecule has 1 aliphatic carbocycles. The number of hydrogen-bond acceptors (Lipinski definition) is 3. The van der Waals surface area contributed by atoms with E-state index in [1.165, 1.54) is 13.5 Å². The van der Waals surface area contributed by atoms with Crippen molar-refractivity contribution in [3.05, 3.63) is 0 Å². The molecule has 1 saturated heterocycles. The fourth-order valence-electron chi connectivity index (χ4n) is 1.84. The van der Waals surface area contributed by atoms with Crippen molar-refractivity contribution < 1.29 is 9.53 Å². The Labute approximate surface area is 59.7 Å². The average molecular weight is 141 g/mol. The predicted octanol–water partition coefficient (Wildman–Crippen LogP) is -0.0886. The number of esters is 1. The van der Waals surface area contributed by atoms with E-state index < -0.39 is 0 Å². The molecule has 2 atom stereocenters. The van der Waals surface area contributed by atoms with Gasteiger partial charge in [0.2, 0.25) is 0 Å². The molecule has 0 spiro atoms. The van der Waals surface area contributed by atoms with E-state index in [2.05, 4.69) is 10.1 Å². The van der Waals surface area contributed by atoms with Crippen LogP contribution in [0, 0.1) is 5.92 Å². The molecule has 2 rings (SSSR count). The fourth-order valence-corrected chi connectivity index (χ4v) is 1.84. The Morgan fingerprint density at radius 3 is 2.70 bits per heavy atom. The summed E-state index contributed by atoms with van der Waals surface area (Å²) in [7, 11) is 1.45. The Morgan fingerprint density at radius 1 is 1.80 bits per heavy atom. The summed E-state index contributed by atoms with van der Waals surface area (Å²) >= 11 is 0. The Kier molecular flexibility index (Phi) is 1.06. The van der Waals surface area contributed by atoms with Crippen LogP contribution in [0.25, 0.3) is 0 Å². The van der Waals surface area contributed by atoms with Gasteiger partial charge in [0.1, 0.15) is 5.54 Å². The molecule has 1 N–H and O–H groups in total. The van der Waals surface area contributed by atoms with Gasteiger partial charge in [-0.2, -0.15) is 0 Å². The highest BCUT2D eigenvalue weighted by molar-refractivity contribution is 5.84. The molecule has 56 valence electrons. The van der Waals surface area contributed by atoms with Gasteiger partial charge in [0.05, 0.1) is 7.11 Å². The molecule has 0 amide bonds. The lowest BCUT2D eigenvalue weighted by Crippen LogP contribution is -2.75. The normalized spacial score (nSPS) is 42.7. The quantitative estimate of drug-likeness (QED) is 0.519. The van der Waals surface area contributed by atoms with Gasteiger partial charge in [-0.05, 0) is 12.8 Å². The van der Waals surface area contributed by atoms with E-state index in [-0.39, 0.29) is 11.5 Å². The van der Waals surface area contributed by atoms with Crippen molar-refractivity contribution in [3.8, 4) is 0 Å². The second-order valence-electron chi connectivity index (χ2n) is 3.08. The van der Waals surface area contributed by atoms with Crippen LogP contribution >= 0.6 is 0 Å². The number of hydrogen-bond donors (Lipinski definition) is 1. The molecule has 10 heavy (non-hydrogen) atoms.